The summed E-state index contributed by atoms with van der Waals surface area (Å²) in [6.07, 6.45) is 68.3. The van der Waals surface area contributed by atoms with E-state index in [0.717, 1.165) is 38.5 Å². The van der Waals surface area contributed by atoms with Crippen molar-refractivity contribution in [3.05, 3.63) is 36.5 Å². The molecule has 0 saturated carbocycles. The number of nitrogens with one attached hydrogen (secondary N) is 1. The smallest absolute Gasteiger partial charge is 0.220 e. The minimum Gasteiger partial charge on any atom is -0.394 e. The Balaban J connectivity index is 3.49. The van der Waals surface area contributed by atoms with E-state index in [1.54, 1.807) is 0 Å². The van der Waals surface area contributed by atoms with Crippen LogP contribution in [0.15, 0.2) is 36.5 Å². The standard InChI is InChI=1S/C55H105NO3/c1-3-5-7-9-11-13-15-17-19-21-23-25-27-29-30-32-34-36-38-40-42-44-46-48-50-54(58)53(52-57)56-55(59)51-49-47-45-43-41-39-37-35-33-31-28-26-24-22-20-18-16-14-12-10-8-6-4-2/h16,18,22,24,28,31,53-54,57-58H,3-15,17,19-21,23,25-27,29-30,32-52H2,1-2H3,(H,56,59)/b18-16-,24-22-,31-28-. The number of hydrogen-bond donors (Lipinski definition) is 3. The molecule has 0 aromatic carbocycles. The second kappa shape index (κ2) is 51.0. The number of amides is 1. The van der Waals surface area contributed by atoms with Crippen LogP contribution in [0.3, 0.4) is 0 Å². The molecule has 0 heterocycles. The summed E-state index contributed by atoms with van der Waals surface area (Å²) in [6.45, 7) is 4.37. The maximum Gasteiger partial charge on any atom is 0.220 e. The van der Waals surface area contributed by atoms with Gasteiger partial charge in [-0.15, -0.1) is 0 Å². The maximum atomic E-state index is 12.5. The number of allylic oxidation sites excluding steroid dienone is 6. The Bertz CT molecular complexity index is 897. The molecule has 59 heavy (non-hydrogen) atoms. The van der Waals surface area contributed by atoms with E-state index in [1.807, 2.05) is 0 Å². The summed E-state index contributed by atoms with van der Waals surface area (Å²) in [5, 5.41) is 23.3. The van der Waals surface area contributed by atoms with Gasteiger partial charge in [-0.1, -0.05) is 269 Å². The zero-order valence-electron chi connectivity index (χ0n) is 40.0. The highest BCUT2D eigenvalue weighted by Gasteiger charge is 2.20. The predicted octanol–water partition coefficient (Wildman–Crippen LogP) is 17.3. The molecule has 0 saturated heterocycles. The molecule has 2 atom stereocenters. The number of rotatable bonds is 49. The van der Waals surface area contributed by atoms with Crippen molar-refractivity contribution in [2.24, 2.45) is 0 Å². The van der Waals surface area contributed by atoms with E-state index >= 15 is 0 Å². The Hall–Kier alpha value is -1.39. The van der Waals surface area contributed by atoms with Crippen LogP contribution < -0.4 is 5.32 Å². The molecule has 0 radical (unpaired) electrons. The Morgan fingerprint density at radius 1 is 0.407 bits per heavy atom. The van der Waals surface area contributed by atoms with Crippen molar-refractivity contribution in [2.45, 2.75) is 302 Å². The molecule has 4 nitrogen and oxygen atoms in total. The van der Waals surface area contributed by atoms with Crippen LogP contribution in [-0.4, -0.2) is 34.9 Å². The molecule has 4 heteroatoms. The van der Waals surface area contributed by atoms with Crippen LogP contribution in [0.4, 0.5) is 0 Å². The lowest BCUT2D eigenvalue weighted by Crippen LogP contribution is -2.45. The highest BCUT2D eigenvalue weighted by molar-refractivity contribution is 5.76. The predicted molar refractivity (Wildman–Crippen MR) is 262 cm³/mol. The summed E-state index contributed by atoms with van der Waals surface area (Å²) in [6, 6.07) is -0.541. The Labute approximate surface area is 370 Å². The van der Waals surface area contributed by atoms with E-state index in [0.29, 0.717) is 12.8 Å². The molecule has 0 bridgehead atoms. The fraction of sp³-hybridized carbons (Fsp3) is 0.873. The second-order valence-corrected chi connectivity index (χ2v) is 18.3. The van der Waals surface area contributed by atoms with Crippen LogP contribution in [0.2, 0.25) is 0 Å². The Morgan fingerprint density at radius 2 is 0.695 bits per heavy atom. The highest BCUT2D eigenvalue weighted by Crippen LogP contribution is 2.17. The molecule has 0 aliphatic carbocycles. The van der Waals surface area contributed by atoms with Gasteiger partial charge in [-0.05, 0) is 51.4 Å². The molecule has 2 unspecified atom stereocenters. The molecule has 0 rings (SSSR count). The monoisotopic (exact) mass is 828 g/mol. The van der Waals surface area contributed by atoms with Gasteiger partial charge >= 0.3 is 0 Å². The van der Waals surface area contributed by atoms with Crippen molar-refractivity contribution in [1.82, 2.24) is 5.32 Å². The lowest BCUT2D eigenvalue weighted by molar-refractivity contribution is -0.123. The van der Waals surface area contributed by atoms with Gasteiger partial charge in [-0.2, -0.15) is 0 Å². The minimum absolute atomic E-state index is 0.0356. The van der Waals surface area contributed by atoms with E-state index in [2.05, 4.69) is 55.6 Å². The summed E-state index contributed by atoms with van der Waals surface area (Å²) in [5.74, 6) is -0.0356. The van der Waals surface area contributed by atoms with Crippen LogP contribution in [0.5, 0.6) is 0 Å². The molecule has 0 aromatic rings. The molecular formula is C55H105NO3. The first-order valence-electron chi connectivity index (χ1n) is 26.7. The van der Waals surface area contributed by atoms with Crippen molar-refractivity contribution in [3.8, 4) is 0 Å². The van der Waals surface area contributed by atoms with E-state index in [1.165, 1.54) is 225 Å². The SMILES string of the molecule is CCCCCCC/C=C\C/C=C\C/C=C\CCCCCCCCCCC(=O)NC(CO)C(O)CCCCCCCCCCCCCCCCCCCCCCCCCC. The molecule has 0 aliphatic rings. The van der Waals surface area contributed by atoms with Gasteiger partial charge < -0.3 is 15.5 Å². The first-order chi connectivity index (χ1) is 29.2. The number of carbonyl (C=O) groups is 1. The third kappa shape index (κ3) is 47.5. The fourth-order valence-electron chi connectivity index (χ4n) is 8.31. The Kier molecular flexibility index (Phi) is 49.8. The van der Waals surface area contributed by atoms with E-state index < -0.39 is 12.1 Å². The molecular weight excluding hydrogens is 723 g/mol. The Morgan fingerprint density at radius 3 is 1.03 bits per heavy atom. The molecule has 348 valence electrons. The van der Waals surface area contributed by atoms with Crippen LogP contribution >= 0.6 is 0 Å². The molecule has 0 aromatic heterocycles. The largest absolute Gasteiger partial charge is 0.394 e. The first kappa shape index (κ1) is 57.6. The highest BCUT2D eigenvalue weighted by atomic mass is 16.3. The zero-order valence-corrected chi connectivity index (χ0v) is 40.0. The first-order valence-corrected chi connectivity index (χ1v) is 26.7. The molecule has 1 amide bonds. The summed E-state index contributed by atoms with van der Waals surface area (Å²) in [7, 11) is 0. The van der Waals surface area contributed by atoms with Gasteiger partial charge in [0.2, 0.25) is 5.91 Å². The zero-order chi connectivity index (χ0) is 42.8. The third-order valence-corrected chi connectivity index (χ3v) is 12.4. The molecule has 0 aliphatic heterocycles. The van der Waals surface area contributed by atoms with Gasteiger partial charge in [0.05, 0.1) is 18.8 Å². The normalized spacial score (nSPS) is 13.1. The average Bonchev–Trinajstić information content (AvgIpc) is 3.24. The van der Waals surface area contributed by atoms with Crippen molar-refractivity contribution >= 4 is 5.91 Å². The van der Waals surface area contributed by atoms with Gasteiger partial charge in [-0.25, -0.2) is 0 Å². The summed E-state index contributed by atoms with van der Waals surface area (Å²) >= 11 is 0. The third-order valence-electron chi connectivity index (χ3n) is 12.4. The quantitative estimate of drug-likeness (QED) is 0.0423. The van der Waals surface area contributed by atoms with Crippen LogP contribution in [-0.2, 0) is 4.79 Å². The van der Waals surface area contributed by atoms with Crippen molar-refractivity contribution in [3.63, 3.8) is 0 Å². The van der Waals surface area contributed by atoms with Crippen LogP contribution in [0, 0.1) is 0 Å². The van der Waals surface area contributed by atoms with Crippen molar-refractivity contribution in [1.29, 1.82) is 0 Å². The van der Waals surface area contributed by atoms with Crippen molar-refractivity contribution < 1.29 is 15.0 Å². The van der Waals surface area contributed by atoms with Gasteiger partial charge in [-0.3, -0.25) is 4.79 Å². The second-order valence-electron chi connectivity index (χ2n) is 18.3. The number of hydrogen-bond acceptors (Lipinski definition) is 3. The number of aliphatic hydroxyl groups excluding tert-OH is 2. The van der Waals surface area contributed by atoms with Crippen molar-refractivity contribution in [2.75, 3.05) is 6.61 Å². The minimum atomic E-state index is -0.664. The van der Waals surface area contributed by atoms with E-state index in [-0.39, 0.29) is 12.5 Å². The molecule has 0 fully saturated rings. The van der Waals surface area contributed by atoms with E-state index in [9.17, 15) is 15.0 Å². The summed E-state index contributed by atoms with van der Waals surface area (Å²) in [5.41, 5.74) is 0. The lowest BCUT2D eigenvalue weighted by atomic mass is 10.0. The van der Waals surface area contributed by atoms with Crippen LogP contribution in [0.1, 0.15) is 290 Å². The topological polar surface area (TPSA) is 69.6 Å². The van der Waals surface area contributed by atoms with Gasteiger partial charge in [0, 0.05) is 6.42 Å². The number of aliphatic hydroxyl groups is 2. The van der Waals surface area contributed by atoms with Gasteiger partial charge in [0.1, 0.15) is 0 Å². The van der Waals surface area contributed by atoms with Crippen LogP contribution in [0.25, 0.3) is 0 Å². The van der Waals surface area contributed by atoms with Gasteiger partial charge in [0.15, 0.2) is 0 Å². The van der Waals surface area contributed by atoms with Gasteiger partial charge in [0.25, 0.3) is 0 Å². The summed E-state index contributed by atoms with van der Waals surface area (Å²) < 4.78 is 0. The fourth-order valence-corrected chi connectivity index (χ4v) is 8.31. The summed E-state index contributed by atoms with van der Waals surface area (Å²) in [4.78, 5) is 12.5. The lowest BCUT2D eigenvalue weighted by Gasteiger charge is -2.22. The number of unbranched alkanes of at least 4 members (excludes halogenated alkanes) is 36. The number of carbonyl (C=O) groups excluding carboxylic acids is 1. The average molecular weight is 828 g/mol. The molecule has 3 N–H and O–H groups in total. The van der Waals surface area contributed by atoms with E-state index in [4.69, 9.17) is 0 Å². The molecule has 0 spiro atoms. The maximum absolute atomic E-state index is 12.5.